The molecule has 0 saturated heterocycles. The molecule has 0 atom stereocenters. The molecule has 1 aromatic heterocycles. The van der Waals surface area contributed by atoms with Gasteiger partial charge in [-0.05, 0) is 24.5 Å². The van der Waals surface area contributed by atoms with E-state index in [1.807, 2.05) is 6.07 Å². The minimum absolute atomic E-state index is 0.125. The normalized spacial score (nSPS) is 11.6. The van der Waals surface area contributed by atoms with Crippen molar-refractivity contribution in [3.63, 3.8) is 0 Å². The predicted octanol–water partition coefficient (Wildman–Crippen LogP) is 1.52. The zero-order valence-corrected chi connectivity index (χ0v) is 10.5. The summed E-state index contributed by atoms with van der Waals surface area (Å²) < 4.78 is 25.5. The summed E-state index contributed by atoms with van der Waals surface area (Å²) in [6.45, 7) is 0.289. The van der Waals surface area contributed by atoms with Crippen LogP contribution in [0.4, 0.5) is 0 Å². The molecule has 4 nitrogen and oxygen atoms in total. The molecule has 1 N–H and O–H groups in total. The standard InChI is InChI=1S/C10H15ClN2O2S/c11-5-1-2-7-16(14,15)13-9-10-4-3-6-12-8-10/h3-4,6,8,13H,1-2,5,7,9H2. The lowest BCUT2D eigenvalue weighted by Crippen LogP contribution is -2.26. The molecule has 0 saturated carbocycles. The van der Waals surface area contributed by atoms with Gasteiger partial charge in [-0.25, -0.2) is 13.1 Å². The van der Waals surface area contributed by atoms with E-state index in [0.717, 1.165) is 12.0 Å². The summed E-state index contributed by atoms with van der Waals surface area (Å²) >= 11 is 5.48. The SMILES string of the molecule is O=S(=O)(CCCCCl)NCc1cccnc1. The highest BCUT2D eigenvalue weighted by Crippen LogP contribution is 1.99. The smallest absolute Gasteiger partial charge is 0.211 e. The number of unbranched alkanes of at least 4 members (excludes halogenated alkanes) is 1. The number of nitrogens with one attached hydrogen (secondary N) is 1. The first kappa shape index (κ1) is 13.4. The average molecular weight is 263 g/mol. The quantitative estimate of drug-likeness (QED) is 0.599. The number of nitrogens with zero attached hydrogens (tertiary/aromatic N) is 1. The van der Waals surface area contributed by atoms with Crippen LogP contribution in [-0.2, 0) is 16.6 Å². The van der Waals surface area contributed by atoms with E-state index in [-0.39, 0.29) is 12.3 Å². The maximum absolute atomic E-state index is 11.5. The molecule has 1 rings (SSSR count). The van der Waals surface area contributed by atoms with E-state index in [0.29, 0.717) is 12.3 Å². The zero-order chi connectivity index (χ0) is 11.9. The van der Waals surface area contributed by atoms with E-state index in [2.05, 4.69) is 9.71 Å². The Kier molecular flexibility index (Phi) is 5.73. The largest absolute Gasteiger partial charge is 0.264 e. The van der Waals surface area contributed by atoms with Crippen LogP contribution in [0.5, 0.6) is 0 Å². The molecule has 6 heteroatoms. The summed E-state index contributed by atoms with van der Waals surface area (Å²) in [6, 6.07) is 3.60. The molecule has 0 aliphatic rings. The van der Waals surface area contributed by atoms with Crippen molar-refractivity contribution in [3.05, 3.63) is 30.1 Å². The molecule has 0 unspecified atom stereocenters. The van der Waals surface area contributed by atoms with E-state index in [1.54, 1.807) is 18.5 Å². The number of alkyl halides is 1. The molecular formula is C10H15ClN2O2S. The Labute approximate surface area is 101 Å². The molecule has 0 aliphatic heterocycles. The van der Waals surface area contributed by atoms with Crippen molar-refractivity contribution in [2.75, 3.05) is 11.6 Å². The molecular weight excluding hydrogens is 248 g/mol. The summed E-state index contributed by atoms with van der Waals surface area (Å²) in [5.74, 6) is 0.623. The van der Waals surface area contributed by atoms with Crippen LogP contribution < -0.4 is 4.72 Å². The lowest BCUT2D eigenvalue weighted by molar-refractivity contribution is 0.578. The van der Waals surface area contributed by atoms with Crippen molar-refractivity contribution < 1.29 is 8.42 Å². The zero-order valence-electron chi connectivity index (χ0n) is 8.89. The molecule has 0 bridgehead atoms. The average Bonchev–Trinajstić information content (AvgIpc) is 2.28. The monoisotopic (exact) mass is 262 g/mol. The molecule has 0 aromatic carbocycles. The summed E-state index contributed by atoms with van der Waals surface area (Å²) in [5, 5.41) is 0. The summed E-state index contributed by atoms with van der Waals surface area (Å²) in [6.07, 6.45) is 4.60. The number of rotatable bonds is 7. The maximum Gasteiger partial charge on any atom is 0.211 e. The van der Waals surface area contributed by atoms with Crippen LogP contribution in [0.2, 0.25) is 0 Å². The second-order valence-corrected chi connectivity index (χ2v) is 5.70. The third-order valence-electron chi connectivity index (χ3n) is 2.02. The van der Waals surface area contributed by atoms with Gasteiger partial charge in [-0.3, -0.25) is 4.98 Å². The van der Waals surface area contributed by atoms with Crippen LogP contribution in [0, 0.1) is 0 Å². The Balaban J connectivity index is 2.36. The number of aromatic nitrogens is 1. The second-order valence-electron chi connectivity index (χ2n) is 3.40. The molecule has 0 spiro atoms. The first-order valence-electron chi connectivity index (χ1n) is 5.06. The van der Waals surface area contributed by atoms with E-state index in [1.165, 1.54) is 0 Å². The van der Waals surface area contributed by atoms with Gasteiger partial charge in [0.25, 0.3) is 0 Å². The molecule has 0 radical (unpaired) electrons. The Morgan fingerprint density at radius 1 is 1.38 bits per heavy atom. The van der Waals surface area contributed by atoms with Gasteiger partial charge in [0, 0.05) is 24.8 Å². The van der Waals surface area contributed by atoms with Crippen LogP contribution in [0.3, 0.4) is 0 Å². The molecule has 16 heavy (non-hydrogen) atoms. The minimum atomic E-state index is -3.19. The predicted molar refractivity (Wildman–Crippen MR) is 64.8 cm³/mol. The summed E-state index contributed by atoms with van der Waals surface area (Å²) in [5.41, 5.74) is 0.850. The molecule has 0 amide bonds. The van der Waals surface area contributed by atoms with Gasteiger partial charge in [0.1, 0.15) is 0 Å². The van der Waals surface area contributed by atoms with Gasteiger partial charge in [0.05, 0.1) is 5.75 Å². The summed E-state index contributed by atoms with van der Waals surface area (Å²) in [4.78, 5) is 3.91. The Morgan fingerprint density at radius 3 is 2.81 bits per heavy atom. The molecule has 1 aromatic rings. The van der Waals surface area contributed by atoms with Gasteiger partial charge in [-0.15, -0.1) is 11.6 Å². The van der Waals surface area contributed by atoms with Crippen LogP contribution >= 0.6 is 11.6 Å². The Morgan fingerprint density at radius 2 is 2.19 bits per heavy atom. The lowest BCUT2D eigenvalue weighted by atomic mass is 10.3. The molecule has 0 aliphatic carbocycles. The van der Waals surface area contributed by atoms with Crippen molar-refractivity contribution in [1.29, 1.82) is 0 Å². The van der Waals surface area contributed by atoms with Crippen molar-refractivity contribution in [2.45, 2.75) is 19.4 Å². The molecule has 0 fully saturated rings. The highest BCUT2D eigenvalue weighted by atomic mass is 35.5. The third kappa shape index (κ3) is 5.44. The van der Waals surface area contributed by atoms with Crippen molar-refractivity contribution in [2.24, 2.45) is 0 Å². The van der Waals surface area contributed by atoms with E-state index in [9.17, 15) is 8.42 Å². The number of hydrogen-bond donors (Lipinski definition) is 1. The van der Waals surface area contributed by atoms with E-state index >= 15 is 0 Å². The third-order valence-corrected chi connectivity index (χ3v) is 3.69. The first-order chi connectivity index (χ1) is 7.64. The van der Waals surface area contributed by atoms with Crippen LogP contribution in [0.15, 0.2) is 24.5 Å². The van der Waals surface area contributed by atoms with Crippen LogP contribution in [0.1, 0.15) is 18.4 Å². The van der Waals surface area contributed by atoms with E-state index < -0.39 is 10.0 Å². The molecule has 90 valence electrons. The maximum atomic E-state index is 11.5. The lowest BCUT2D eigenvalue weighted by Gasteiger charge is -2.05. The van der Waals surface area contributed by atoms with Crippen molar-refractivity contribution in [1.82, 2.24) is 9.71 Å². The van der Waals surface area contributed by atoms with Gasteiger partial charge >= 0.3 is 0 Å². The first-order valence-corrected chi connectivity index (χ1v) is 7.25. The Hall–Kier alpha value is -0.650. The topological polar surface area (TPSA) is 59.1 Å². The van der Waals surface area contributed by atoms with E-state index in [4.69, 9.17) is 11.6 Å². The van der Waals surface area contributed by atoms with Gasteiger partial charge in [-0.1, -0.05) is 6.07 Å². The van der Waals surface area contributed by atoms with Crippen molar-refractivity contribution >= 4 is 21.6 Å². The van der Waals surface area contributed by atoms with Gasteiger partial charge in [0.2, 0.25) is 10.0 Å². The highest BCUT2D eigenvalue weighted by Gasteiger charge is 2.08. The van der Waals surface area contributed by atoms with Gasteiger partial charge < -0.3 is 0 Å². The second kappa shape index (κ2) is 6.83. The number of hydrogen-bond acceptors (Lipinski definition) is 3. The molecule has 1 heterocycles. The number of halogens is 1. The van der Waals surface area contributed by atoms with Crippen molar-refractivity contribution in [3.8, 4) is 0 Å². The highest BCUT2D eigenvalue weighted by molar-refractivity contribution is 7.89. The summed E-state index contributed by atoms with van der Waals surface area (Å²) in [7, 11) is -3.19. The fourth-order valence-corrected chi connectivity index (χ4v) is 2.46. The minimum Gasteiger partial charge on any atom is -0.264 e. The van der Waals surface area contributed by atoms with Gasteiger partial charge in [0.15, 0.2) is 0 Å². The van der Waals surface area contributed by atoms with Crippen LogP contribution in [0.25, 0.3) is 0 Å². The fraction of sp³-hybridized carbons (Fsp3) is 0.500. The fourth-order valence-electron chi connectivity index (χ4n) is 1.15. The van der Waals surface area contributed by atoms with Gasteiger partial charge in [-0.2, -0.15) is 0 Å². The number of pyridine rings is 1. The Bertz CT molecular complexity index is 395. The van der Waals surface area contributed by atoms with Crippen LogP contribution in [-0.4, -0.2) is 25.0 Å². The number of sulfonamides is 1.